The van der Waals surface area contributed by atoms with Crippen molar-refractivity contribution in [3.05, 3.63) is 71.3 Å². The zero-order chi connectivity index (χ0) is 13.2. The third kappa shape index (κ3) is 2.59. The van der Waals surface area contributed by atoms with Gasteiger partial charge in [0.05, 0.1) is 16.3 Å². The fourth-order valence-electron chi connectivity index (χ4n) is 2.33. The lowest BCUT2D eigenvalue weighted by atomic mass is 10.1. The zero-order valence-electron chi connectivity index (χ0n) is 11.2. The van der Waals surface area contributed by atoms with Crippen LogP contribution in [-0.4, -0.2) is 11.1 Å². The van der Waals surface area contributed by atoms with Crippen LogP contribution in [0.1, 0.15) is 28.9 Å². The zero-order valence-corrected chi connectivity index (χ0v) is 12.0. The van der Waals surface area contributed by atoms with Gasteiger partial charge in [0.25, 0.3) is 0 Å². The number of hydrogen-bond donors (Lipinski definition) is 0. The molecule has 1 heterocycles. The van der Waals surface area contributed by atoms with Crippen LogP contribution in [0.15, 0.2) is 59.6 Å². The highest BCUT2D eigenvalue weighted by atomic mass is 32.2. The molecule has 0 radical (unpaired) electrons. The van der Waals surface area contributed by atoms with Crippen LogP contribution in [0, 0.1) is 6.92 Å². The van der Waals surface area contributed by atoms with Gasteiger partial charge in [0.2, 0.25) is 0 Å². The first-order chi connectivity index (χ1) is 9.24. The Kier molecular flexibility index (Phi) is 3.43. The summed E-state index contributed by atoms with van der Waals surface area (Å²) in [5.74, 6) is 0. The first-order valence-electron chi connectivity index (χ1n) is 6.60. The van der Waals surface area contributed by atoms with Gasteiger partial charge in [-0.05, 0) is 19.4 Å². The Labute approximate surface area is 118 Å². The molecule has 1 nitrogen and oxygen atoms in total. The molecular weight excluding hydrogens is 250 g/mol. The molecule has 0 saturated heterocycles. The second-order valence-corrected chi connectivity index (χ2v) is 6.12. The normalized spacial score (nSPS) is 22.3. The SMILES string of the molecule is Cc1ccc(C2=NC(C)C(c3ccccc3)S2)cc1. The number of nitrogens with zero attached hydrogens (tertiary/aromatic N) is 1. The van der Waals surface area contributed by atoms with E-state index in [1.165, 1.54) is 21.7 Å². The van der Waals surface area contributed by atoms with Crippen LogP contribution in [0.3, 0.4) is 0 Å². The second kappa shape index (κ2) is 5.22. The lowest BCUT2D eigenvalue weighted by molar-refractivity contribution is 0.740. The van der Waals surface area contributed by atoms with E-state index in [2.05, 4.69) is 68.4 Å². The summed E-state index contributed by atoms with van der Waals surface area (Å²) in [6.07, 6.45) is 0. The number of aryl methyl sites for hydroxylation is 1. The minimum absolute atomic E-state index is 0.337. The van der Waals surface area contributed by atoms with Gasteiger partial charge in [0, 0.05) is 5.56 Å². The molecule has 0 amide bonds. The summed E-state index contributed by atoms with van der Waals surface area (Å²) < 4.78 is 0. The number of hydrogen-bond acceptors (Lipinski definition) is 2. The maximum absolute atomic E-state index is 4.83. The molecule has 1 aliphatic heterocycles. The Morgan fingerprint density at radius 2 is 1.63 bits per heavy atom. The molecule has 2 atom stereocenters. The van der Waals surface area contributed by atoms with Crippen molar-refractivity contribution in [2.45, 2.75) is 25.1 Å². The maximum Gasteiger partial charge on any atom is 0.0987 e. The third-order valence-corrected chi connectivity index (χ3v) is 4.91. The highest BCUT2D eigenvalue weighted by Gasteiger charge is 2.28. The predicted molar refractivity (Wildman–Crippen MR) is 84.0 cm³/mol. The monoisotopic (exact) mass is 267 g/mol. The number of benzene rings is 2. The molecular formula is C17H17NS. The van der Waals surface area contributed by atoms with Crippen LogP contribution in [-0.2, 0) is 0 Å². The van der Waals surface area contributed by atoms with Gasteiger partial charge in [-0.3, -0.25) is 4.99 Å². The van der Waals surface area contributed by atoms with Crippen molar-refractivity contribution in [2.24, 2.45) is 4.99 Å². The van der Waals surface area contributed by atoms with Crippen molar-refractivity contribution in [3.8, 4) is 0 Å². The van der Waals surface area contributed by atoms with E-state index in [1.807, 2.05) is 11.8 Å². The summed E-state index contributed by atoms with van der Waals surface area (Å²) in [5, 5.41) is 1.61. The van der Waals surface area contributed by atoms with E-state index in [0.29, 0.717) is 11.3 Å². The third-order valence-electron chi connectivity index (χ3n) is 3.42. The van der Waals surface area contributed by atoms with E-state index in [9.17, 15) is 0 Å². The molecule has 2 unspecified atom stereocenters. The second-order valence-electron chi connectivity index (χ2n) is 4.99. The van der Waals surface area contributed by atoms with E-state index < -0.39 is 0 Å². The smallest absolute Gasteiger partial charge is 0.0987 e. The summed E-state index contributed by atoms with van der Waals surface area (Å²) in [6.45, 7) is 4.31. The van der Waals surface area contributed by atoms with Crippen molar-refractivity contribution < 1.29 is 0 Å². The van der Waals surface area contributed by atoms with Gasteiger partial charge in [0.1, 0.15) is 0 Å². The molecule has 3 rings (SSSR count). The van der Waals surface area contributed by atoms with Crippen LogP contribution in [0.25, 0.3) is 0 Å². The number of thioether (sulfide) groups is 1. The molecule has 1 aliphatic rings. The molecule has 2 heteroatoms. The van der Waals surface area contributed by atoms with Crippen LogP contribution < -0.4 is 0 Å². The van der Waals surface area contributed by atoms with Gasteiger partial charge in [-0.2, -0.15) is 0 Å². The highest BCUT2D eigenvalue weighted by molar-refractivity contribution is 8.15. The predicted octanol–water partition coefficient (Wildman–Crippen LogP) is 4.62. The van der Waals surface area contributed by atoms with Gasteiger partial charge in [-0.1, -0.05) is 71.9 Å². The molecule has 0 aliphatic carbocycles. The molecule has 0 fully saturated rings. The van der Waals surface area contributed by atoms with E-state index in [4.69, 9.17) is 4.99 Å². The van der Waals surface area contributed by atoms with Gasteiger partial charge in [-0.25, -0.2) is 0 Å². The topological polar surface area (TPSA) is 12.4 Å². The molecule has 2 aromatic carbocycles. The summed E-state index contributed by atoms with van der Waals surface area (Å²) in [6, 6.07) is 19.6. The lowest BCUT2D eigenvalue weighted by Gasteiger charge is -2.13. The van der Waals surface area contributed by atoms with E-state index in [-0.39, 0.29) is 0 Å². The Bertz CT molecular complexity index is 586. The van der Waals surface area contributed by atoms with E-state index in [1.54, 1.807) is 0 Å². The fourth-order valence-corrected chi connectivity index (χ4v) is 3.62. The quantitative estimate of drug-likeness (QED) is 0.773. The summed E-state index contributed by atoms with van der Waals surface area (Å²) in [5.41, 5.74) is 3.90. The Balaban J connectivity index is 1.84. The molecule has 0 spiro atoms. The molecule has 0 bridgehead atoms. The van der Waals surface area contributed by atoms with Crippen LogP contribution in [0.2, 0.25) is 0 Å². The number of rotatable bonds is 2. The molecule has 0 aromatic heterocycles. The van der Waals surface area contributed by atoms with Crippen molar-refractivity contribution in [1.29, 1.82) is 0 Å². The minimum Gasteiger partial charge on any atom is -0.273 e. The Morgan fingerprint density at radius 3 is 2.32 bits per heavy atom. The van der Waals surface area contributed by atoms with Crippen molar-refractivity contribution in [2.75, 3.05) is 0 Å². The van der Waals surface area contributed by atoms with E-state index in [0.717, 1.165) is 0 Å². The van der Waals surface area contributed by atoms with Gasteiger partial charge >= 0.3 is 0 Å². The Hall–Kier alpha value is -1.54. The molecule has 0 N–H and O–H groups in total. The molecule has 96 valence electrons. The highest BCUT2D eigenvalue weighted by Crippen LogP contribution is 2.41. The van der Waals surface area contributed by atoms with Gasteiger partial charge < -0.3 is 0 Å². The largest absolute Gasteiger partial charge is 0.273 e. The van der Waals surface area contributed by atoms with Crippen molar-refractivity contribution in [3.63, 3.8) is 0 Å². The van der Waals surface area contributed by atoms with Crippen molar-refractivity contribution >= 4 is 16.8 Å². The molecule has 19 heavy (non-hydrogen) atoms. The van der Waals surface area contributed by atoms with Crippen LogP contribution in [0.4, 0.5) is 0 Å². The van der Waals surface area contributed by atoms with Gasteiger partial charge in [0.15, 0.2) is 0 Å². The summed E-state index contributed by atoms with van der Waals surface area (Å²) in [4.78, 5) is 4.83. The lowest BCUT2D eigenvalue weighted by Crippen LogP contribution is -2.04. The van der Waals surface area contributed by atoms with E-state index >= 15 is 0 Å². The maximum atomic E-state index is 4.83. The van der Waals surface area contributed by atoms with Crippen molar-refractivity contribution in [1.82, 2.24) is 0 Å². The average Bonchev–Trinajstić information content (AvgIpc) is 2.83. The number of aliphatic imine (C=N–C) groups is 1. The first kappa shape index (κ1) is 12.5. The van der Waals surface area contributed by atoms with Gasteiger partial charge in [-0.15, -0.1) is 0 Å². The van der Waals surface area contributed by atoms with Crippen LogP contribution >= 0.6 is 11.8 Å². The minimum atomic E-state index is 0.337. The average molecular weight is 267 g/mol. The van der Waals surface area contributed by atoms with Crippen LogP contribution in [0.5, 0.6) is 0 Å². The first-order valence-corrected chi connectivity index (χ1v) is 7.48. The Morgan fingerprint density at radius 1 is 0.947 bits per heavy atom. The molecule has 0 saturated carbocycles. The standard InChI is InChI=1S/C17H17NS/c1-12-8-10-15(11-9-12)17-18-13(2)16(19-17)14-6-4-3-5-7-14/h3-11,13,16H,1-2H3. The summed E-state index contributed by atoms with van der Waals surface area (Å²) >= 11 is 1.88. The summed E-state index contributed by atoms with van der Waals surface area (Å²) in [7, 11) is 0. The fraction of sp³-hybridized carbons (Fsp3) is 0.235. The molecule has 2 aromatic rings.